The lowest BCUT2D eigenvalue weighted by atomic mass is 10.1. The Labute approximate surface area is 207 Å². The van der Waals surface area contributed by atoms with Crippen molar-refractivity contribution in [2.75, 3.05) is 12.9 Å². The van der Waals surface area contributed by atoms with Gasteiger partial charge in [0.15, 0.2) is 11.0 Å². The first-order valence-electron chi connectivity index (χ1n) is 10.9. The fraction of sp³-hybridized carbons (Fsp3) is 0.154. The van der Waals surface area contributed by atoms with Gasteiger partial charge in [-0.3, -0.25) is 9.36 Å². The summed E-state index contributed by atoms with van der Waals surface area (Å²) in [6.45, 7) is 3.82. The highest BCUT2D eigenvalue weighted by Gasteiger charge is 2.17. The Morgan fingerprint density at radius 2 is 1.71 bits per heavy atom. The lowest BCUT2D eigenvalue weighted by Gasteiger charge is -2.11. The van der Waals surface area contributed by atoms with Gasteiger partial charge in [-0.05, 0) is 67.9 Å². The summed E-state index contributed by atoms with van der Waals surface area (Å²) < 4.78 is 7.21. The summed E-state index contributed by atoms with van der Waals surface area (Å²) in [4.78, 5) is 12.5. The van der Waals surface area contributed by atoms with Gasteiger partial charge in [-0.25, -0.2) is 5.43 Å². The first-order valence-corrected chi connectivity index (χ1v) is 11.9. The van der Waals surface area contributed by atoms with Crippen LogP contribution in [0.15, 0.2) is 83.1 Å². The van der Waals surface area contributed by atoms with Crippen molar-refractivity contribution >= 4 is 23.4 Å². The van der Waals surface area contributed by atoms with Crippen molar-refractivity contribution < 1.29 is 14.6 Å². The van der Waals surface area contributed by atoms with Crippen molar-refractivity contribution in [1.82, 2.24) is 20.2 Å². The van der Waals surface area contributed by atoms with Crippen molar-refractivity contribution in [3.63, 3.8) is 0 Å². The van der Waals surface area contributed by atoms with Gasteiger partial charge in [-0.1, -0.05) is 41.6 Å². The number of hydrazone groups is 1. The molecule has 0 spiro atoms. The summed E-state index contributed by atoms with van der Waals surface area (Å²) >= 11 is 1.27. The fourth-order valence-electron chi connectivity index (χ4n) is 3.29. The van der Waals surface area contributed by atoms with Gasteiger partial charge >= 0.3 is 0 Å². The molecular weight excluding hydrogens is 462 g/mol. The topological polar surface area (TPSA) is 102 Å². The summed E-state index contributed by atoms with van der Waals surface area (Å²) in [5, 5.41) is 22.9. The highest BCUT2D eigenvalue weighted by Crippen LogP contribution is 2.29. The van der Waals surface area contributed by atoms with Crippen LogP contribution < -0.4 is 10.2 Å². The second-order valence-electron chi connectivity index (χ2n) is 7.77. The summed E-state index contributed by atoms with van der Waals surface area (Å²) in [6, 6.07) is 22.3. The van der Waals surface area contributed by atoms with Gasteiger partial charge in [0.25, 0.3) is 5.91 Å². The van der Waals surface area contributed by atoms with Gasteiger partial charge in [0.05, 0.1) is 18.6 Å². The number of aryl methyl sites for hydroxylation is 1. The molecule has 0 atom stereocenters. The van der Waals surface area contributed by atoms with E-state index in [1.807, 2.05) is 60.0 Å². The van der Waals surface area contributed by atoms with Crippen LogP contribution in [0.3, 0.4) is 0 Å². The van der Waals surface area contributed by atoms with Crippen LogP contribution in [0.2, 0.25) is 0 Å². The Hall–Kier alpha value is -4.11. The zero-order valence-electron chi connectivity index (χ0n) is 19.6. The van der Waals surface area contributed by atoms with Crippen LogP contribution in [0.25, 0.3) is 17.1 Å². The minimum Gasteiger partial charge on any atom is -0.508 e. The highest BCUT2D eigenvalue weighted by atomic mass is 32.2. The fourth-order valence-corrected chi connectivity index (χ4v) is 4.04. The Morgan fingerprint density at radius 1 is 1.03 bits per heavy atom. The van der Waals surface area contributed by atoms with Crippen LogP contribution in [0.5, 0.6) is 11.5 Å². The van der Waals surface area contributed by atoms with Crippen LogP contribution in [-0.4, -0.2) is 44.4 Å². The van der Waals surface area contributed by atoms with E-state index in [-0.39, 0.29) is 17.4 Å². The number of hydrogen-bond donors (Lipinski definition) is 2. The number of aromatic nitrogens is 3. The normalized spacial score (nSPS) is 11.3. The number of carbonyl (C=O) groups is 1. The molecule has 0 radical (unpaired) electrons. The molecule has 1 heterocycles. The second kappa shape index (κ2) is 10.9. The van der Waals surface area contributed by atoms with Crippen LogP contribution >= 0.6 is 11.8 Å². The molecule has 0 saturated heterocycles. The number of phenols is 1. The minimum absolute atomic E-state index is 0.106. The molecular formula is C26H25N5O3S. The number of carbonyl (C=O) groups excluding carboxylic acids is 1. The Bertz CT molecular complexity index is 1330. The van der Waals surface area contributed by atoms with E-state index in [1.165, 1.54) is 11.8 Å². The van der Waals surface area contributed by atoms with Gasteiger partial charge in [-0.15, -0.1) is 10.2 Å². The van der Waals surface area contributed by atoms with Gasteiger partial charge in [-0.2, -0.15) is 5.10 Å². The van der Waals surface area contributed by atoms with E-state index < -0.39 is 0 Å². The second-order valence-corrected chi connectivity index (χ2v) is 8.72. The SMILES string of the molecule is COc1ccc(-n2c(SCC(=O)N/N=C(/C)c3ccc(O)cc3)nnc2-c2ccc(C)cc2)cc1. The summed E-state index contributed by atoms with van der Waals surface area (Å²) in [5.74, 6) is 1.44. The lowest BCUT2D eigenvalue weighted by molar-refractivity contribution is -0.118. The van der Waals surface area contributed by atoms with Gasteiger partial charge < -0.3 is 9.84 Å². The molecule has 0 fully saturated rings. The molecule has 3 aromatic carbocycles. The third-order valence-corrected chi connectivity index (χ3v) is 6.17. The Balaban J connectivity index is 1.53. The number of benzene rings is 3. The van der Waals surface area contributed by atoms with Crippen LogP contribution in [-0.2, 0) is 4.79 Å². The molecule has 1 aromatic heterocycles. The smallest absolute Gasteiger partial charge is 0.250 e. The van der Waals surface area contributed by atoms with E-state index in [0.717, 1.165) is 28.1 Å². The third kappa shape index (κ3) is 5.88. The summed E-state index contributed by atoms with van der Waals surface area (Å²) in [7, 11) is 1.62. The molecule has 8 nitrogen and oxygen atoms in total. The van der Waals surface area contributed by atoms with Crippen LogP contribution in [0, 0.1) is 6.92 Å². The number of phenolic OH excluding ortho intramolecular Hbond substituents is 1. The van der Waals surface area contributed by atoms with Crippen molar-refractivity contribution in [3.05, 3.63) is 83.9 Å². The molecule has 0 saturated carbocycles. The quantitative estimate of drug-likeness (QED) is 0.214. The highest BCUT2D eigenvalue weighted by molar-refractivity contribution is 7.99. The summed E-state index contributed by atoms with van der Waals surface area (Å²) in [6.07, 6.45) is 0. The molecule has 35 heavy (non-hydrogen) atoms. The van der Waals surface area contributed by atoms with Crippen LogP contribution in [0.1, 0.15) is 18.1 Å². The molecule has 2 N–H and O–H groups in total. The predicted octanol–water partition coefficient (Wildman–Crippen LogP) is 4.59. The number of hydrogen-bond acceptors (Lipinski definition) is 7. The van der Waals surface area contributed by atoms with E-state index in [9.17, 15) is 9.90 Å². The molecule has 178 valence electrons. The molecule has 9 heteroatoms. The predicted molar refractivity (Wildman–Crippen MR) is 137 cm³/mol. The number of ether oxygens (including phenoxy) is 1. The maximum absolute atomic E-state index is 12.5. The van der Waals surface area contributed by atoms with E-state index in [4.69, 9.17) is 4.74 Å². The van der Waals surface area contributed by atoms with E-state index in [1.54, 1.807) is 38.3 Å². The van der Waals surface area contributed by atoms with Gasteiger partial charge in [0.1, 0.15) is 11.5 Å². The number of rotatable bonds is 8. The first-order chi connectivity index (χ1) is 16.9. The van der Waals surface area contributed by atoms with Crippen molar-refractivity contribution in [2.24, 2.45) is 5.10 Å². The van der Waals surface area contributed by atoms with Gasteiger partial charge in [0, 0.05) is 11.3 Å². The molecule has 4 aromatic rings. The maximum atomic E-state index is 12.5. The van der Waals surface area contributed by atoms with Crippen LogP contribution in [0.4, 0.5) is 0 Å². The molecule has 4 rings (SSSR count). The zero-order valence-corrected chi connectivity index (χ0v) is 20.4. The molecule has 0 aliphatic rings. The number of methoxy groups -OCH3 is 1. The number of nitrogens with zero attached hydrogens (tertiary/aromatic N) is 4. The minimum atomic E-state index is -0.269. The molecule has 0 aliphatic heterocycles. The third-order valence-electron chi connectivity index (χ3n) is 5.24. The Morgan fingerprint density at radius 3 is 2.37 bits per heavy atom. The average Bonchev–Trinajstić information content (AvgIpc) is 3.31. The summed E-state index contributed by atoms with van der Waals surface area (Å²) in [5.41, 5.74) is 6.94. The van der Waals surface area contributed by atoms with E-state index in [2.05, 4.69) is 20.7 Å². The van der Waals surface area contributed by atoms with Crippen molar-refractivity contribution in [2.45, 2.75) is 19.0 Å². The van der Waals surface area contributed by atoms with Crippen molar-refractivity contribution in [1.29, 1.82) is 0 Å². The van der Waals surface area contributed by atoms with Crippen molar-refractivity contribution in [3.8, 4) is 28.6 Å². The lowest BCUT2D eigenvalue weighted by Crippen LogP contribution is -2.21. The standard InChI is InChI=1S/C26H25N5O3S/c1-17-4-6-20(7-5-17)25-29-30-26(31(25)21-10-14-23(34-3)15-11-21)35-16-24(33)28-27-18(2)19-8-12-22(32)13-9-19/h4-15,32H,16H2,1-3H3,(H,28,33)/b27-18-. The average molecular weight is 488 g/mol. The molecule has 0 unspecified atom stereocenters. The van der Waals surface area contributed by atoms with Gasteiger partial charge in [0.2, 0.25) is 0 Å². The zero-order chi connectivity index (χ0) is 24.8. The first kappa shape index (κ1) is 24.0. The largest absolute Gasteiger partial charge is 0.508 e. The molecule has 1 amide bonds. The van der Waals surface area contributed by atoms with E-state index in [0.29, 0.717) is 16.7 Å². The molecule has 0 aliphatic carbocycles. The van der Waals surface area contributed by atoms with E-state index >= 15 is 0 Å². The monoisotopic (exact) mass is 487 g/mol. The molecule has 0 bridgehead atoms. The number of amides is 1. The number of thioether (sulfide) groups is 1. The Kier molecular flexibility index (Phi) is 7.47. The maximum Gasteiger partial charge on any atom is 0.250 e. The number of aromatic hydroxyl groups is 1. The number of nitrogens with one attached hydrogen (secondary N) is 1.